The summed E-state index contributed by atoms with van der Waals surface area (Å²) in [7, 11) is 0. The first kappa shape index (κ1) is 10.8. The maximum Gasteiger partial charge on any atom is 0.0969 e. The lowest BCUT2D eigenvalue weighted by atomic mass is 10.4. The molecule has 5 nitrogen and oxygen atoms in total. The summed E-state index contributed by atoms with van der Waals surface area (Å²) in [5.74, 6) is 0. The van der Waals surface area contributed by atoms with Crippen molar-refractivity contribution in [1.82, 2.24) is 25.3 Å². The molecule has 2 aromatic heterocycles. The monoisotopic (exact) mass is 217 g/mol. The van der Waals surface area contributed by atoms with Crippen LogP contribution < -0.4 is 5.32 Å². The largest absolute Gasteiger partial charge is 0.311 e. The molecule has 0 aliphatic heterocycles. The third-order valence-corrected chi connectivity index (χ3v) is 2.18. The van der Waals surface area contributed by atoms with Crippen LogP contribution >= 0.6 is 0 Å². The molecule has 2 heterocycles. The highest BCUT2D eigenvalue weighted by Crippen LogP contribution is 2.03. The van der Waals surface area contributed by atoms with E-state index in [-0.39, 0.29) is 0 Å². The van der Waals surface area contributed by atoms with Crippen LogP contribution in [0.15, 0.2) is 30.7 Å². The first-order valence-corrected chi connectivity index (χ1v) is 5.42. The van der Waals surface area contributed by atoms with E-state index in [1.807, 2.05) is 18.3 Å². The van der Waals surface area contributed by atoms with E-state index in [4.69, 9.17) is 0 Å². The van der Waals surface area contributed by atoms with Gasteiger partial charge in [0.25, 0.3) is 0 Å². The molecule has 5 heteroatoms. The number of pyridine rings is 1. The van der Waals surface area contributed by atoms with Crippen molar-refractivity contribution in [3.63, 3.8) is 0 Å². The summed E-state index contributed by atoms with van der Waals surface area (Å²) in [5, 5.41) is 11.4. The summed E-state index contributed by atoms with van der Waals surface area (Å²) in [6.45, 7) is 3.90. The fraction of sp³-hybridized carbons (Fsp3) is 0.364. The van der Waals surface area contributed by atoms with Crippen LogP contribution in [0.2, 0.25) is 0 Å². The zero-order valence-corrected chi connectivity index (χ0v) is 9.30. The Balaban J connectivity index is 2.02. The average Bonchev–Trinajstić information content (AvgIpc) is 2.79. The molecule has 0 bridgehead atoms. The Hall–Kier alpha value is -1.75. The second-order valence-electron chi connectivity index (χ2n) is 3.54. The normalized spacial score (nSPS) is 10.6. The SMILES string of the molecule is CCCNCc1cn(-c2cccnc2)nn1. The predicted molar refractivity (Wildman–Crippen MR) is 61.2 cm³/mol. The fourth-order valence-electron chi connectivity index (χ4n) is 1.39. The molecule has 2 aromatic rings. The molecule has 2 rings (SSSR count). The van der Waals surface area contributed by atoms with Gasteiger partial charge in [-0.05, 0) is 25.1 Å². The van der Waals surface area contributed by atoms with Gasteiger partial charge in [0.2, 0.25) is 0 Å². The molecule has 0 aromatic carbocycles. The Bertz CT molecular complexity index is 423. The minimum absolute atomic E-state index is 0.758. The van der Waals surface area contributed by atoms with Crippen LogP contribution in [0, 0.1) is 0 Å². The molecule has 0 saturated heterocycles. The summed E-state index contributed by atoms with van der Waals surface area (Å²) in [4.78, 5) is 4.04. The summed E-state index contributed by atoms with van der Waals surface area (Å²) in [5.41, 5.74) is 1.87. The van der Waals surface area contributed by atoms with Crippen LogP contribution in [0.5, 0.6) is 0 Å². The molecular formula is C11H15N5. The minimum atomic E-state index is 0.758. The fourth-order valence-corrected chi connectivity index (χ4v) is 1.39. The van der Waals surface area contributed by atoms with E-state index in [1.165, 1.54) is 0 Å². The number of nitrogens with zero attached hydrogens (tertiary/aromatic N) is 4. The van der Waals surface area contributed by atoms with E-state index in [1.54, 1.807) is 17.1 Å². The summed E-state index contributed by atoms with van der Waals surface area (Å²) < 4.78 is 1.73. The molecule has 0 atom stereocenters. The lowest BCUT2D eigenvalue weighted by Crippen LogP contribution is -2.13. The number of hydrogen-bond acceptors (Lipinski definition) is 4. The van der Waals surface area contributed by atoms with Gasteiger partial charge in [0.1, 0.15) is 0 Å². The Morgan fingerprint density at radius 1 is 1.44 bits per heavy atom. The van der Waals surface area contributed by atoms with Crippen LogP contribution in [0.3, 0.4) is 0 Å². The standard InChI is InChI=1S/C11H15N5/c1-2-5-12-7-10-9-16(15-14-10)11-4-3-6-13-8-11/h3-4,6,8-9,12H,2,5,7H2,1H3. The van der Waals surface area contributed by atoms with Crippen LogP contribution in [-0.4, -0.2) is 26.5 Å². The molecule has 0 amide bonds. The number of nitrogens with one attached hydrogen (secondary N) is 1. The van der Waals surface area contributed by atoms with E-state index >= 15 is 0 Å². The van der Waals surface area contributed by atoms with Crippen molar-refractivity contribution < 1.29 is 0 Å². The first-order valence-electron chi connectivity index (χ1n) is 5.42. The Labute approximate surface area is 94.5 Å². The van der Waals surface area contributed by atoms with Crippen LogP contribution in [-0.2, 0) is 6.54 Å². The maximum atomic E-state index is 4.09. The van der Waals surface area contributed by atoms with Gasteiger partial charge in [-0.2, -0.15) is 0 Å². The van der Waals surface area contributed by atoms with Crippen LogP contribution in [0.4, 0.5) is 0 Å². The molecule has 1 N–H and O–H groups in total. The van der Waals surface area contributed by atoms with Gasteiger partial charge in [-0.1, -0.05) is 12.1 Å². The van der Waals surface area contributed by atoms with Gasteiger partial charge >= 0.3 is 0 Å². The van der Waals surface area contributed by atoms with E-state index in [9.17, 15) is 0 Å². The smallest absolute Gasteiger partial charge is 0.0969 e. The van der Waals surface area contributed by atoms with Gasteiger partial charge in [-0.3, -0.25) is 4.98 Å². The van der Waals surface area contributed by atoms with Crippen molar-refractivity contribution in [2.75, 3.05) is 6.54 Å². The van der Waals surface area contributed by atoms with Gasteiger partial charge in [0.05, 0.1) is 23.8 Å². The third-order valence-electron chi connectivity index (χ3n) is 2.18. The highest BCUT2D eigenvalue weighted by atomic mass is 15.4. The van der Waals surface area contributed by atoms with E-state index < -0.39 is 0 Å². The lowest BCUT2D eigenvalue weighted by Gasteiger charge is -1.98. The zero-order valence-electron chi connectivity index (χ0n) is 9.30. The Morgan fingerprint density at radius 3 is 3.12 bits per heavy atom. The van der Waals surface area contributed by atoms with Gasteiger partial charge in [0, 0.05) is 12.7 Å². The third kappa shape index (κ3) is 2.64. The summed E-state index contributed by atoms with van der Waals surface area (Å²) >= 11 is 0. The number of hydrogen-bond donors (Lipinski definition) is 1. The molecule has 0 radical (unpaired) electrons. The maximum absolute atomic E-state index is 4.09. The van der Waals surface area contributed by atoms with Crippen molar-refractivity contribution in [3.8, 4) is 5.69 Å². The van der Waals surface area contributed by atoms with E-state index in [0.29, 0.717) is 0 Å². The Morgan fingerprint density at radius 2 is 2.38 bits per heavy atom. The summed E-state index contributed by atoms with van der Waals surface area (Å²) in [6, 6.07) is 3.83. The molecule has 0 fully saturated rings. The van der Waals surface area contributed by atoms with Crippen molar-refractivity contribution in [2.45, 2.75) is 19.9 Å². The molecule has 84 valence electrons. The predicted octanol–water partition coefficient (Wildman–Crippen LogP) is 1.16. The average molecular weight is 217 g/mol. The van der Waals surface area contributed by atoms with Gasteiger partial charge in [0.15, 0.2) is 0 Å². The molecule has 0 spiro atoms. The molecular weight excluding hydrogens is 202 g/mol. The quantitative estimate of drug-likeness (QED) is 0.764. The second kappa shape index (κ2) is 5.37. The van der Waals surface area contributed by atoms with Crippen molar-refractivity contribution >= 4 is 0 Å². The number of aromatic nitrogens is 4. The van der Waals surface area contributed by atoms with Crippen molar-refractivity contribution in [3.05, 3.63) is 36.4 Å². The summed E-state index contributed by atoms with van der Waals surface area (Å²) in [6.07, 6.45) is 6.54. The van der Waals surface area contributed by atoms with Gasteiger partial charge in [-0.25, -0.2) is 4.68 Å². The Kier molecular flexibility index (Phi) is 3.61. The number of rotatable bonds is 5. The highest BCUT2D eigenvalue weighted by molar-refractivity contribution is 5.25. The topological polar surface area (TPSA) is 55.6 Å². The van der Waals surface area contributed by atoms with Crippen LogP contribution in [0.1, 0.15) is 19.0 Å². The van der Waals surface area contributed by atoms with Gasteiger partial charge < -0.3 is 5.32 Å². The molecule has 0 aliphatic rings. The lowest BCUT2D eigenvalue weighted by molar-refractivity contribution is 0.662. The molecule has 0 saturated carbocycles. The van der Waals surface area contributed by atoms with E-state index in [0.717, 1.165) is 30.9 Å². The van der Waals surface area contributed by atoms with Crippen molar-refractivity contribution in [1.29, 1.82) is 0 Å². The molecule has 0 unspecified atom stereocenters. The van der Waals surface area contributed by atoms with Crippen molar-refractivity contribution in [2.24, 2.45) is 0 Å². The molecule has 16 heavy (non-hydrogen) atoms. The van der Waals surface area contributed by atoms with E-state index in [2.05, 4.69) is 27.5 Å². The minimum Gasteiger partial charge on any atom is -0.311 e. The zero-order chi connectivity index (χ0) is 11.2. The first-order chi connectivity index (χ1) is 7.90. The molecule has 0 aliphatic carbocycles. The van der Waals surface area contributed by atoms with Crippen LogP contribution in [0.25, 0.3) is 5.69 Å². The van der Waals surface area contributed by atoms with Gasteiger partial charge in [-0.15, -0.1) is 5.10 Å². The second-order valence-corrected chi connectivity index (χ2v) is 3.54. The highest BCUT2D eigenvalue weighted by Gasteiger charge is 2.01.